The van der Waals surface area contributed by atoms with E-state index in [9.17, 15) is 0 Å². The van der Waals surface area contributed by atoms with Crippen molar-refractivity contribution in [2.75, 3.05) is 26.7 Å². The number of likely N-dealkylation sites (tertiary alicyclic amines) is 1. The van der Waals surface area contributed by atoms with Crippen molar-refractivity contribution in [3.05, 3.63) is 0 Å². The maximum atomic E-state index is 5.32. The molecule has 0 aromatic heterocycles. The van der Waals surface area contributed by atoms with Crippen molar-refractivity contribution in [3.63, 3.8) is 0 Å². The first-order chi connectivity index (χ1) is 7.15. The van der Waals surface area contributed by atoms with Crippen LogP contribution in [0.3, 0.4) is 0 Å². The lowest BCUT2D eigenvalue weighted by atomic mass is 9.74. The summed E-state index contributed by atoms with van der Waals surface area (Å²) in [4.78, 5) is 2.55. The Hall–Kier alpha value is -0.0800. The minimum Gasteiger partial charge on any atom is -0.380 e. The average Bonchev–Trinajstić information content (AvgIpc) is 2.30. The third-order valence-electron chi connectivity index (χ3n) is 4.33. The normalized spacial score (nSPS) is 24.0. The monoisotopic (exact) mass is 213 g/mol. The second-order valence-corrected chi connectivity index (χ2v) is 5.05. The number of hydrogen-bond donors (Lipinski definition) is 0. The number of hydrogen-bond acceptors (Lipinski definition) is 2. The van der Waals surface area contributed by atoms with Crippen LogP contribution in [0.5, 0.6) is 0 Å². The summed E-state index contributed by atoms with van der Waals surface area (Å²) in [5.74, 6) is 0. The Morgan fingerprint density at radius 3 is 2.13 bits per heavy atom. The van der Waals surface area contributed by atoms with Gasteiger partial charge in [-0.15, -0.1) is 0 Å². The fourth-order valence-corrected chi connectivity index (χ4v) is 2.61. The van der Waals surface area contributed by atoms with Crippen LogP contribution < -0.4 is 0 Å². The molecular formula is C13H27NO. The fraction of sp³-hybridized carbons (Fsp3) is 1.00. The first-order valence-corrected chi connectivity index (χ1v) is 6.41. The van der Waals surface area contributed by atoms with Crippen molar-refractivity contribution >= 4 is 0 Å². The van der Waals surface area contributed by atoms with Crippen LogP contribution in [0.1, 0.15) is 46.5 Å². The molecule has 0 radical (unpaired) electrons. The Morgan fingerprint density at radius 1 is 1.20 bits per heavy atom. The zero-order valence-corrected chi connectivity index (χ0v) is 10.9. The van der Waals surface area contributed by atoms with Gasteiger partial charge in [0.25, 0.3) is 0 Å². The fourth-order valence-electron chi connectivity index (χ4n) is 2.61. The third kappa shape index (κ3) is 3.46. The molecular weight excluding hydrogens is 186 g/mol. The van der Waals surface area contributed by atoms with Crippen molar-refractivity contribution in [2.24, 2.45) is 5.41 Å². The predicted molar refractivity (Wildman–Crippen MR) is 65.2 cm³/mol. The zero-order valence-electron chi connectivity index (χ0n) is 10.9. The summed E-state index contributed by atoms with van der Waals surface area (Å²) in [6.45, 7) is 10.5. The summed E-state index contributed by atoms with van der Waals surface area (Å²) in [5.41, 5.74) is 0.646. The highest BCUT2D eigenvalue weighted by molar-refractivity contribution is 4.84. The maximum Gasteiger partial charge on any atom is 0.0670 e. The van der Waals surface area contributed by atoms with Crippen LogP contribution in [0.25, 0.3) is 0 Å². The van der Waals surface area contributed by atoms with E-state index >= 15 is 0 Å². The number of rotatable bonds is 5. The van der Waals surface area contributed by atoms with E-state index < -0.39 is 0 Å². The van der Waals surface area contributed by atoms with Gasteiger partial charge in [0.15, 0.2) is 0 Å². The largest absolute Gasteiger partial charge is 0.380 e. The molecule has 1 aliphatic rings. The van der Waals surface area contributed by atoms with Crippen molar-refractivity contribution < 1.29 is 4.74 Å². The van der Waals surface area contributed by atoms with Gasteiger partial charge in [0.2, 0.25) is 0 Å². The smallest absolute Gasteiger partial charge is 0.0670 e. The molecule has 0 bridgehead atoms. The topological polar surface area (TPSA) is 12.5 Å². The highest BCUT2D eigenvalue weighted by Gasteiger charge is 2.31. The Bertz CT molecular complexity index is 167. The lowest BCUT2D eigenvalue weighted by Gasteiger charge is -2.41. The van der Waals surface area contributed by atoms with E-state index in [1.54, 1.807) is 7.11 Å². The van der Waals surface area contributed by atoms with E-state index in [-0.39, 0.29) is 0 Å². The van der Waals surface area contributed by atoms with Crippen molar-refractivity contribution in [1.29, 1.82) is 0 Å². The number of methoxy groups -OCH3 is 1. The number of ether oxygens (including phenoxy) is 1. The molecule has 0 saturated carbocycles. The molecule has 1 heterocycles. The van der Waals surface area contributed by atoms with Gasteiger partial charge in [-0.05, 0) is 38.3 Å². The van der Waals surface area contributed by atoms with E-state index in [1.807, 2.05) is 0 Å². The summed E-state index contributed by atoms with van der Waals surface area (Å²) < 4.78 is 5.32. The second-order valence-electron chi connectivity index (χ2n) is 5.05. The lowest BCUT2D eigenvalue weighted by Crippen LogP contribution is -2.42. The molecule has 1 fully saturated rings. The highest BCUT2D eigenvalue weighted by Crippen LogP contribution is 2.37. The molecule has 0 spiro atoms. The summed E-state index contributed by atoms with van der Waals surface area (Å²) in [6, 6.07) is 0. The van der Waals surface area contributed by atoms with Crippen LogP contribution in [0.4, 0.5) is 0 Å². The number of piperidine rings is 1. The van der Waals surface area contributed by atoms with Gasteiger partial charge in [-0.2, -0.15) is 0 Å². The van der Waals surface area contributed by atoms with Crippen LogP contribution in [-0.2, 0) is 4.74 Å². The molecule has 90 valence electrons. The molecule has 0 aromatic carbocycles. The minimum atomic E-state index is 0.376. The quantitative estimate of drug-likeness (QED) is 0.696. The Balaban J connectivity index is 2.35. The molecule has 1 saturated heterocycles. The molecule has 0 N–H and O–H groups in total. The summed E-state index contributed by atoms with van der Waals surface area (Å²) in [7, 11) is 1.80. The van der Waals surface area contributed by atoms with Gasteiger partial charge in [-0.1, -0.05) is 26.7 Å². The molecule has 1 rings (SSSR count). The minimum absolute atomic E-state index is 0.376. The van der Waals surface area contributed by atoms with Gasteiger partial charge in [0.1, 0.15) is 0 Å². The molecule has 0 aliphatic carbocycles. The van der Waals surface area contributed by atoms with Gasteiger partial charge < -0.3 is 9.64 Å². The van der Waals surface area contributed by atoms with Gasteiger partial charge in [0.05, 0.1) is 6.10 Å². The molecule has 0 amide bonds. The van der Waals surface area contributed by atoms with Gasteiger partial charge in [-0.3, -0.25) is 0 Å². The summed E-state index contributed by atoms with van der Waals surface area (Å²) in [6.07, 6.45) is 5.81. The Labute approximate surface area is 95.0 Å². The van der Waals surface area contributed by atoms with Crippen molar-refractivity contribution in [2.45, 2.75) is 52.6 Å². The third-order valence-corrected chi connectivity index (χ3v) is 4.33. The van der Waals surface area contributed by atoms with E-state index in [2.05, 4.69) is 25.7 Å². The molecule has 0 aromatic rings. The van der Waals surface area contributed by atoms with Crippen LogP contribution >= 0.6 is 0 Å². The molecule has 2 nitrogen and oxygen atoms in total. The molecule has 1 aliphatic heterocycles. The van der Waals surface area contributed by atoms with Gasteiger partial charge >= 0.3 is 0 Å². The molecule has 0 unspecified atom stereocenters. The molecule has 1 atom stereocenters. The van der Waals surface area contributed by atoms with Crippen LogP contribution in [-0.4, -0.2) is 37.7 Å². The second kappa shape index (κ2) is 5.86. The Kier molecular flexibility index (Phi) is 5.07. The van der Waals surface area contributed by atoms with Crippen molar-refractivity contribution in [1.82, 2.24) is 4.90 Å². The first-order valence-electron chi connectivity index (χ1n) is 6.41. The van der Waals surface area contributed by atoms with Crippen LogP contribution in [0.2, 0.25) is 0 Å². The number of nitrogens with zero attached hydrogens (tertiary/aromatic N) is 1. The van der Waals surface area contributed by atoms with Crippen LogP contribution in [0, 0.1) is 5.41 Å². The van der Waals surface area contributed by atoms with Gasteiger partial charge in [-0.25, -0.2) is 0 Å². The SMILES string of the molecule is CCC1(CC)CCN(C[C@@H](C)OC)CC1. The molecule has 15 heavy (non-hydrogen) atoms. The van der Waals surface area contributed by atoms with Crippen LogP contribution in [0.15, 0.2) is 0 Å². The lowest BCUT2D eigenvalue weighted by molar-refractivity contribution is 0.0390. The van der Waals surface area contributed by atoms with E-state index in [0.29, 0.717) is 11.5 Å². The average molecular weight is 213 g/mol. The summed E-state index contributed by atoms with van der Waals surface area (Å²) >= 11 is 0. The van der Waals surface area contributed by atoms with E-state index in [4.69, 9.17) is 4.74 Å². The first kappa shape index (κ1) is 13.0. The standard InChI is InChI=1S/C13H27NO/c1-5-13(6-2)7-9-14(10-8-13)11-12(3)15-4/h12H,5-11H2,1-4H3/t12-/m1/s1. The highest BCUT2D eigenvalue weighted by atomic mass is 16.5. The predicted octanol–water partition coefficient (Wildman–Crippen LogP) is 2.92. The van der Waals surface area contributed by atoms with Gasteiger partial charge in [0, 0.05) is 13.7 Å². The zero-order chi connectivity index (χ0) is 11.3. The molecule has 2 heteroatoms. The maximum absolute atomic E-state index is 5.32. The van der Waals surface area contributed by atoms with E-state index in [1.165, 1.54) is 38.8 Å². The summed E-state index contributed by atoms with van der Waals surface area (Å²) in [5, 5.41) is 0. The van der Waals surface area contributed by atoms with Crippen molar-refractivity contribution in [3.8, 4) is 0 Å². The van der Waals surface area contributed by atoms with E-state index in [0.717, 1.165) is 6.54 Å². The Morgan fingerprint density at radius 2 is 1.73 bits per heavy atom.